The number of unbranched alkanes of at least 4 members (excludes halogenated alkanes) is 7. The molecule has 0 amide bonds. The van der Waals surface area contributed by atoms with Crippen molar-refractivity contribution in [3.8, 4) is 17.2 Å². The van der Waals surface area contributed by atoms with Crippen molar-refractivity contribution in [1.29, 1.82) is 0 Å². The number of benzene rings is 1. The molecule has 0 N–H and O–H groups in total. The molecule has 0 aliphatic rings. The Morgan fingerprint density at radius 2 is 1.53 bits per heavy atom. The first-order valence-electron chi connectivity index (χ1n) is 13.1. The predicted octanol–water partition coefficient (Wildman–Crippen LogP) is 8.22. The van der Waals surface area contributed by atoms with E-state index in [9.17, 15) is 4.79 Å². The number of ether oxygens (including phenoxy) is 3. The summed E-state index contributed by atoms with van der Waals surface area (Å²) in [7, 11) is 0. The Hall–Kier alpha value is -2.43. The van der Waals surface area contributed by atoms with E-state index < -0.39 is 11.2 Å². The number of hydrogen-bond acceptors (Lipinski definition) is 5. The van der Waals surface area contributed by atoms with Crippen molar-refractivity contribution in [3.05, 3.63) is 40.8 Å². The van der Waals surface area contributed by atoms with Gasteiger partial charge in [0.15, 0.2) is 5.75 Å². The van der Waals surface area contributed by atoms with Crippen molar-refractivity contribution >= 4 is 11.0 Å². The molecule has 0 radical (unpaired) electrons. The van der Waals surface area contributed by atoms with Gasteiger partial charge in [-0.05, 0) is 52.2 Å². The van der Waals surface area contributed by atoms with E-state index in [2.05, 4.69) is 26.0 Å². The molecule has 1 aromatic heterocycles. The Morgan fingerprint density at radius 1 is 0.853 bits per heavy atom. The summed E-state index contributed by atoms with van der Waals surface area (Å²) in [5.74, 6) is 1.17. The van der Waals surface area contributed by atoms with E-state index >= 15 is 0 Å². The van der Waals surface area contributed by atoms with E-state index in [0.29, 0.717) is 35.7 Å². The van der Waals surface area contributed by atoms with Crippen LogP contribution in [0.2, 0.25) is 0 Å². The van der Waals surface area contributed by atoms with Crippen LogP contribution in [-0.4, -0.2) is 18.8 Å². The zero-order chi connectivity index (χ0) is 24.8. The molecule has 0 bridgehead atoms. The Kier molecular flexibility index (Phi) is 12.1. The second kappa shape index (κ2) is 14.7. The molecule has 5 nitrogen and oxygen atoms in total. The zero-order valence-corrected chi connectivity index (χ0v) is 21.9. The van der Waals surface area contributed by atoms with Gasteiger partial charge in [0, 0.05) is 0 Å². The lowest BCUT2D eigenvalue weighted by Gasteiger charge is -2.23. The van der Waals surface area contributed by atoms with Crippen LogP contribution in [0.1, 0.15) is 98.8 Å². The minimum Gasteiger partial charge on any atom is -0.488 e. The van der Waals surface area contributed by atoms with E-state index in [1.54, 1.807) is 6.07 Å². The van der Waals surface area contributed by atoms with Crippen molar-refractivity contribution in [3.63, 3.8) is 0 Å². The van der Waals surface area contributed by atoms with E-state index in [-0.39, 0.29) is 5.75 Å². The van der Waals surface area contributed by atoms with Gasteiger partial charge < -0.3 is 18.6 Å². The lowest BCUT2D eigenvalue weighted by atomic mass is 10.1. The summed E-state index contributed by atoms with van der Waals surface area (Å²) in [5.41, 5.74) is -0.492. The molecular weight excluding hydrogens is 428 g/mol. The van der Waals surface area contributed by atoms with Gasteiger partial charge in [-0.1, -0.05) is 77.0 Å². The topological polar surface area (TPSA) is 57.9 Å². The molecule has 0 unspecified atom stereocenters. The highest BCUT2D eigenvalue weighted by molar-refractivity contribution is 5.91. The van der Waals surface area contributed by atoms with E-state index in [1.165, 1.54) is 38.5 Å². The van der Waals surface area contributed by atoms with Crippen LogP contribution in [0.4, 0.5) is 0 Å². The maximum atomic E-state index is 12.8. The van der Waals surface area contributed by atoms with Gasteiger partial charge in [0.25, 0.3) is 0 Å². The van der Waals surface area contributed by atoms with Crippen molar-refractivity contribution in [2.45, 2.75) is 104 Å². The van der Waals surface area contributed by atoms with Gasteiger partial charge in [-0.25, -0.2) is 4.79 Å². The Bertz CT molecular complexity index is 936. The molecule has 1 heterocycles. The number of allylic oxidation sites excluding steroid dienone is 1. The van der Waals surface area contributed by atoms with Crippen LogP contribution in [0.15, 0.2) is 39.6 Å². The van der Waals surface area contributed by atoms with Gasteiger partial charge in [0.1, 0.15) is 22.3 Å². The van der Waals surface area contributed by atoms with Crippen LogP contribution in [0.3, 0.4) is 0 Å². The molecule has 0 saturated heterocycles. The minimum absolute atomic E-state index is 0.139. The quantitative estimate of drug-likeness (QED) is 0.140. The molecule has 190 valence electrons. The molecule has 1 aromatic carbocycles. The molecule has 0 aliphatic heterocycles. The van der Waals surface area contributed by atoms with E-state index in [1.807, 2.05) is 32.9 Å². The number of rotatable bonds is 16. The summed E-state index contributed by atoms with van der Waals surface area (Å²) in [6, 6.07) is 5.46. The second-order valence-electron chi connectivity index (χ2n) is 9.73. The van der Waals surface area contributed by atoms with E-state index in [4.69, 9.17) is 18.6 Å². The maximum absolute atomic E-state index is 12.8. The Labute approximate surface area is 205 Å². The van der Waals surface area contributed by atoms with Crippen LogP contribution < -0.4 is 19.8 Å². The molecule has 2 aromatic rings. The van der Waals surface area contributed by atoms with Crippen LogP contribution in [0.5, 0.6) is 17.2 Å². The van der Waals surface area contributed by atoms with Crippen LogP contribution >= 0.6 is 0 Å². The molecule has 0 atom stereocenters. The zero-order valence-electron chi connectivity index (χ0n) is 21.9. The third kappa shape index (κ3) is 9.44. The summed E-state index contributed by atoms with van der Waals surface area (Å²) in [5, 5.41) is 0.641. The summed E-state index contributed by atoms with van der Waals surface area (Å²) < 4.78 is 23.9. The highest BCUT2D eigenvalue weighted by atomic mass is 16.5. The van der Waals surface area contributed by atoms with Gasteiger partial charge in [-0.3, -0.25) is 0 Å². The first kappa shape index (κ1) is 27.8. The van der Waals surface area contributed by atoms with Gasteiger partial charge in [-0.15, -0.1) is 0 Å². The smallest absolute Gasteiger partial charge is 0.383 e. The summed E-state index contributed by atoms with van der Waals surface area (Å²) in [6.07, 6.45) is 15.5. The maximum Gasteiger partial charge on any atom is 0.383 e. The Balaban J connectivity index is 2.19. The standard InChI is InChI=1S/C29H44O5/c1-6-8-10-12-13-14-15-17-22-32-27-26(31-21-16-11-9-7-2)25-23(33-28(27)30)19-18-20-24(25)34-29(3,4)5/h9,11,18-20H,6-8,10,12-17,21-22H2,1-5H3. The minimum atomic E-state index is -0.515. The normalized spacial score (nSPS) is 11.9. The lowest BCUT2D eigenvalue weighted by molar-refractivity contribution is 0.132. The van der Waals surface area contributed by atoms with Gasteiger partial charge in [0.2, 0.25) is 5.75 Å². The third-order valence-corrected chi connectivity index (χ3v) is 5.40. The fraction of sp³-hybridized carbons (Fsp3) is 0.621. The first-order chi connectivity index (χ1) is 16.4. The fourth-order valence-electron chi connectivity index (χ4n) is 3.77. The van der Waals surface area contributed by atoms with Gasteiger partial charge >= 0.3 is 5.63 Å². The van der Waals surface area contributed by atoms with Gasteiger partial charge in [0.05, 0.1) is 13.2 Å². The highest BCUT2D eigenvalue weighted by Crippen LogP contribution is 2.40. The average Bonchev–Trinajstić information content (AvgIpc) is 2.78. The van der Waals surface area contributed by atoms with Crippen molar-refractivity contribution < 1.29 is 18.6 Å². The number of hydrogen-bond donors (Lipinski definition) is 0. The summed E-state index contributed by atoms with van der Waals surface area (Å²) >= 11 is 0. The fourth-order valence-corrected chi connectivity index (χ4v) is 3.77. The van der Waals surface area contributed by atoms with Crippen LogP contribution in [0, 0.1) is 0 Å². The average molecular weight is 473 g/mol. The van der Waals surface area contributed by atoms with Crippen LogP contribution in [-0.2, 0) is 0 Å². The third-order valence-electron chi connectivity index (χ3n) is 5.40. The van der Waals surface area contributed by atoms with E-state index in [0.717, 1.165) is 25.7 Å². The molecule has 34 heavy (non-hydrogen) atoms. The molecule has 0 spiro atoms. The second-order valence-corrected chi connectivity index (χ2v) is 9.73. The first-order valence-corrected chi connectivity index (χ1v) is 13.1. The van der Waals surface area contributed by atoms with Gasteiger partial charge in [-0.2, -0.15) is 0 Å². The molecule has 0 fully saturated rings. The van der Waals surface area contributed by atoms with Crippen molar-refractivity contribution in [2.24, 2.45) is 0 Å². The monoisotopic (exact) mass is 472 g/mol. The Morgan fingerprint density at radius 3 is 2.21 bits per heavy atom. The molecular formula is C29H44O5. The molecule has 2 rings (SSSR count). The van der Waals surface area contributed by atoms with Crippen molar-refractivity contribution in [2.75, 3.05) is 13.2 Å². The molecule has 0 aliphatic carbocycles. The highest BCUT2D eigenvalue weighted by Gasteiger charge is 2.23. The summed E-state index contributed by atoms with van der Waals surface area (Å²) in [4.78, 5) is 12.8. The summed E-state index contributed by atoms with van der Waals surface area (Å²) in [6.45, 7) is 11.2. The SMILES string of the molecule is CCC=CCCOc1c(OCCCCCCCCCC)c(=O)oc2cccc(OC(C)(C)C)c12. The van der Waals surface area contributed by atoms with Crippen molar-refractivity contribution in [1.82, 2.24) is 0 Å². The molecule has 5 heteroatoms. The molecule has 0 saturated carbocycles. The number of fused-ring (bicyclic) bond motifs is 1. The van der Waals surface area contributed by atoms with Crippen LogP contribution in [0.25, 0.3) is 11.0 Å². The predicted molar refractivity (Wildman–Crippen MR) is 141 cm³/mol. The lowest BCUT2D eigenvalue weighted by Crippen LogP contribution is -2.23. The largest absolute Gasteiger partial charge is 0.488 e.